The minimum atomic E-state index is -0.654. The summed E-state index contributed by atoms with van der Waals surface area (Å²) in [6.45, 7) is 9.76. The fraction of sp³-hybridized carbons (Fsp3) is 0.607. The lowest BCUT2D eigenvalue weighted by atomic mass is 9.88. The minimum Gasteiger partial charge on any atom is -0.490 e. The van der Waals surface area contributed by atoms with Gasteiger partial charge in [-0.2, -0.15) is 0 Å². The Kier molecular flexibility index (Phi) is 7.60. The molecule has 0 unspecified atom stereocenters. The summed E-state index contributed by atoms with van der Waals surface area (Å²) in [5.74, 6) is 0.758. The van der Waals surface area contributed by atoms with E-state index in [0.717, 1.165) is 70.5 Å². The average Bonchev–Trinajstić information content (AvgIpc) is 2.78. The quantitative estimate of drug-likeness (QED) is 0.566. The molecule has 1 heterocycles. The second-order valence-electron chi connectivity index (χ2n) is 10.9. The Balaban J connectivity index is 1.32. The fourth-order valence-corrected chi connectivity index (χ4v) is 5.10. The molecule has 2 aromatic rings. The van der Waals surface area contributed by atoms with Crippen molar-refractivity contribution in [2.24, 2.45) is 11.8 Å². The first kappa shape index (κ1) is 24.0. The van der Waals surface area contributed by atoms with Gasteiger partial charge in [0.2, 0.25) is 0 Å². The molecular formula is C28H39NO4. The lowest BCUT2D eigenvalue weighted by Gasteiger charge is -2.31. The first-order valence-electron chi connectivity index (χ1n) is 12.5. The molecule has 5 heteroatoms. The molecule has 0 amide bonds. The summed E-state index contributed by atoms with van der Waals surface area (Å²) in [7, 11) is 0. The number of fused-ring (bicyclic) bond motifs is 1. The maximum atomic E-state index is 11.2. The van der Waals surface area contributed by atoms with Crippen LogP contribution in [-0.2, 0) is 16.1 Å². The number of aliphatic carboxylic acids is 1. The molecule has 180 valence electrons. The van der Waals surface area contributed by atoms with Gasteiger partial charge >= 0.3 is 5.97 Å². The van der Waals surface area contributed by atoms with E-state index in [1.165, 1.54) is 16.3 Å². The molecule has 0 bridgehead atoms. The number of ether oxygens (including phenoxy) is 2. The van der Waals surface area contributed by atoms with Crippen LogP contribution in [-0.4, -0.2) is 47.4 Å². The number of carboxylic acid groups (broad SMARTS) is 1. The lowest BCUT2D eigenvalue weighted by Crippen LogP contribution is -2.35. The molecule has 1 saturated heterocycles. The van der Waals surface area contributed by atoms with Crippen molar-refractivity contribution < 1.29 is 19.4 Å². The van der Waals surface area contributed by atoms with E-state index in [2.05, 4.69) is 62.1 Å². The molecule has 2 aromatic carbocycles. The number of hydrogen-bond donors (Lipinski definition) is 1. The van der Waals surface area contributed by atoms with Gasteiger partial charge in [-0.05, 0) is 107 Å². The van der Waals surface area contributed by atoms with Crippen LogP contribution in [0.15, 0.2) is 36.4 Å². The molecule has 1 N–H and O–H groups in total. The standard InChI is InChI=1S/C28H39NO4/c1-28(2,3)32-19-20-7-9-24(10-8-20)33-25-11-12-26-22(17-25)5-4-6-23(26)18-29-15-13-21(14-16-29)27(30)31/h4-6,11-12,17,20-21,24H,7-10,13-16,18-19H2,1-3H3,(H,30,31). The van der Waals surface area contributed by atoms with Crippen LogP contribution in [0, 0.1) is 11.8 Å². The summed E-state index contributed by atoms with van der Waals surface area (Å²) < 4.78 is 12.4. The highest BCUT2D eigenvalue weighted by atomic mass is 16.5. The lowest BCUT2D eigenvalue weighted by molar-refractivity contribution is -0.143. The molecule has 1 aliphatic heterocycles. The van der Waals surface area contributed by atoms with Gasteiger partial charge in [-0.25, -0.2) is 0 Å². The van der Waals surface area contributed by atoms with E-state index in [9.17, 15) is 9.90 Å². The maximum Gasteiger partial charge on any atom is 0.306 e. The number of hydrogen-bond acceptors (Lipinski definition) is 4. The number of nitrogens with zero attached hydrogens (tertiary/aromatic N) is 1. The first-order valence-corrected chi connectivity index (χ1v) is 12.5. The molecule has 5 nitrogen and oxygen atoms in total. The fourth-order valence-electron chi connectivity index (χ4n) is 5.10. The van der Waals surface area contributed by atoms with E-state index >= 15 is 0 Å². The van der Waals surface area contributed by atoms with E-state index in [1.807, 2.05) is 0 Å². The smallest absolute Gasteiger partial charge is 0.306 e. The van der Waals surface area contributed by atoms with Crippen LogP contribution in [0.3, 0.4) is 0 Å². The van der Waals surface area contributed by atoms with Crippen LogP contribution < -0.4 is 4.74 Å². The molecule has 4 rings (SSSR count). The molecule has 0 radical (unpaired) electrons. The van der Waals surface area contributed by atoms with Crippen molar-refractivity contribution in [2.45, 2.75) is 77.5 Å². The van der Waals surface area contributed by atoms with Crippen LogP contribution >= 0.6 is 0 Å². The van der Waals surface area contributed by atoms with Crippen LogP contribution in [0.1, 0.15) is 64.9 Å². The third-order valence-corrected chi connectivity index (χ3v) is 7.12. The highest BCUT2D eigenvalue weighted by Gasteiger charge is 2.26. The van der Waals surface area contributed by atoms with Gasteiger partial charge in [-0.15, -0.1) is 0 Å². The third-order valence-electron chi connectivity index (χ3n) is 7.12. The van der Waals surface area contributed by atoms with E-state index in [1.54, 1.807) is 0 Å². The zero-order chi connectivity index (χ0) is 23.4. The monoisotopic (exact) mass is 453 g/mol. The van der Waals surface area contributed by atoms with Crippen molar-refractivity contribution in [3.05, 3.63) is 42.0 Å². The summed E-state index contributed by atoms with van der Waals surface area (Å²) in [5, 5.41) is 11.7. The number of benzene rings is 2. The summed E-state index contributed by atoms with van der Waals surface area (Å²) in [6.07, 6.45) is 6.26. The van der Waals surface area contributed by atoms with E-state index < -0.39 is 5.97 Å². The largest absolute Gasteiger partial charge is 0.490 e. The van der Waals surface area contributed by atoms with Gasteiger partial charge in [-0.1, -0.05) is 24.3 Å². The number of carbonyl (C=O) groups is 1. The molecule has 33 heavy (non-hydrogen) atoms. The predicted molar refractivity (Wildman–Crippen MR) is 132 cm³/mol. The average molecular weight is 454 g/mol. The molecule has 2 aliphatic rings. The van der Waals surface area contributed by atoms with Gasteiger partial charge in [0.25, 0.3) is 0 Å². The van der Waals surface area contributed by atoms with E-state index in [-0.39, 0.29) is 17.6 Å². The minimum absolute atomic E-state index is 0.0633. The zero-order valence-electron chi connectivity index (χ0n) is 20.4. The van der Waals surface area contributed by atoms with Crippen molar-refractivity contribution >= 4 is 16.7 Å². The predicted octanol–water partition coefficient (Wildman–Crippen LogP) is 5.89. The SMILES string of the molecule is CC(C)(C)OCC1CCC(Oc2ccc3c(CN4CCC(C(=O)O)CC4)cccc3c2)CC1. The van der Waals surface area contributed by atoms with Crippen molar-refractivity contribution in [3.8, 4) is 5.75 Å². The molecular weight excluding hydrogens is 414 g/mol. The third kappa shape index (κ3) is 6.70. The van der Waals surface area contributed by atoms with Crippen LogP contribution in [0.2, 0.25) is 0 Å². The van der Waals surface area contributed by atoms with Crippen LogP contribution in [0.25, 0.3) is 10.8 Å². The Hall–Kier alpha value is -2.11. The second kappa shape index (κ2) is 10.4. The Bertz CT molecular complexity index is 935. The van der Waals surface area contributed by atoms with Crippen molar-refractivity contribution in [3.63, 3.8) is 0 Å². The Morgan fingerprint density at radius 2 is 1.76 bits per heavy atom. The maximum absolute atomic E-state index is 11.2. The topological polar surface area (TPSA) is 59.0 Å². The van der Waals surface area contributed by atoms with E-state index in [0.29, 0.717) is 5.92 Å². The summed E-state index contributed by atoms with van der Waals surface area (Å²) in [6, 6.07) is 12.9. The van der Waals surface area contributed by atoms with Gasteiger partial charge in [-0.3, -0.25) is 9.69 Å². The summed E-state index contributed by atoms with van der Waals surface area (Å²) in [4.78, 5) is 13.6. The number of likely N-dealkylation sites (tertiary alicyclic amines) is 1. The number of piperidine rings is 1. The van der Waals surface area contributed by atoms with Crippen LogP contribution in [0.4, 0.5) is 0 Å². The molecule has 0 aromatic heterocycles. The van der Waals surface area contributed by atoms with Gasteiger partial charge in [0.05, 0.1) is 24.2 Å². The Labute approximate surface area is 198 Å². The van der Waals surface area contributed by atoms with Crippen molar-refractivity contribution in [2.75, 3.05) is 19.7 Å². The van der Waals surface area contributed by atoms with Crippen molar-refractivity contribution in [1.29, 1.82) is 0 Å². The van der Waals surface area contributed by atoms with Crippen LogP contribution in [0.5, 0.6) is 5.75 Å². The normalized spacial score (nSPS) is 23.0. The summed E-state index contributed by atoms with van der Waals surface area (Å²) >= 11 is 0. The number of carboxylic acids is 1. The second-order valence-corrected chi connectivity index (χ2v) is 10.9. The van der Waals surface area contributed by atoms with E-state index in [4.69, 9.17) is 9.47 Å². The Morgan fingerprint density at radius 1 is 1.03 bits per heavy atom. The van der Waals surface area contributed by atoms with Gasteiger partial charge in [0, 0.05) is 6.54 Å². The number of rotatable bonds is 7. The molecule has 1 aliphatic carbocycles. The van der Waals surface area contributed by atoms with Crippen molar-refractivity contribution in [1.82, 2.24) is 4.90 Å². The van der Waals surface area contributed by atoms with Gasteiger partial charge in [0.15, 0.2) is 0 Å². The van der Waals surface area contributed by atoms with Gasteiger partial charge < -0.3 is 14.6 Å². The Morgan fingerprint density at radius 3 is 2.42 bits per heavy atom. The molecule has 2 fully saturated rings. The zero-order valence-corrected chi connectivity index (χ0v) is 20.4. The summed E-state index contributed by atoms with van der Waals surface area (Å²) in [5.41, 5.74) is 1.24. The highest BCUT2D eigenvalue weighted by molar-refractivity contribution is 5.87. The molecule has 0 spiro atoms. The highest BCUT2D eigenvalue weighted by Crippen LogP contribution is 2.31. The molecule has 1 saturated carbocycles. The first-order chi connectivity index (χ1) is 15.8. The van der Waals surface area contributed by atoms with Gasteiger partial charge in [0.1, 0.15) is 5.75 Å². The molecule has 0 atom stereocenters.